The predicted molar refractivity (Wildman–Crippen MR) is 84.7 cm³/mol. The molecular formula is C16H31N3O. The highest BCUT2D eigenvalue weighted by atomic mass is 16.3. The first-order chi connectivity index (χ1) is 9.64. The van der Waals surface area contributed by atoms with Crippen LogP contribution in [0.2, 0.25) is 0 Å². The van der Waals surface area contributed by atoms with Crippen molar-refractivity contribution in [2.75, 3.05) is 32.7 Å². The zero-order valence-electron chi connectivity index (χ0n) is 13.6. The van der Waals surface area contributed by atoms with Crippen molar-refractivity contribution < 1.29 is 4.42 Å². The van der Waals surface area contributed by atoms with Crippen LogP contribution in [0.3, 0.4) is 0 Å². The van der Waals surface area contributed by atoms with Gasteiger partial charge in [0.05, 0.1) is 6.54 Å². The Kier molecular flexibility index (Phi) is 7.88. The minimum Gasteiger partial charge on any atom is -0.465 e. The molecular weight excluding hydrogens is 250 g/mol. The van der Waals surface area contributed by atoms with Gasteiger partial charge in [-0.15, -0.1) is 0 Å². The minimum absolute atomic E-state index is 0.481. The maximum Gasteiger partial charge on any atom is 0.118 e. The topological polar surface area (TPSA) is 45.6 Å². The van der Waals surface area contributed by atoms with Crippen LogP contribution in [-0.2, 0) is 13.1 Å². The largest absolute Gasteiger partial charge is 0.465 e. The number of hydrogen-bond acceptors (Lipinski definition) is 4. The third-order valence-electron chi connectivity index (χ3n) is 3.96. The number of rotatable bonds is 10. The van der Waals surface area contributed by atoms with Crippen LogP contribution >= 0.6 is 0 Å². The summed E-state index contributed by atoms with van der Waals surface area (Å²) in [6, 6.07) is 2.10. The molecule has 116 valence electrons. The van der Waals surface area contributed by atoms with E-state index in [1.807, 2.05) is 6.92 Å². The van der Waals surface area contributed by atoms with Gasteiger partial charge >= 0.3 is 0 Å². The molecule has 1 heterocycles. The van der Waals surface area contributed by atoms with Crippen LogP contribution in [0.5, 0.6) is 0 Å². The van der Waals surface area contributed by atoms with Gasteiger partial charge < -0.3 is 15.1 Å². The SMILES string of the molecule is CCN(CC)CCCN(CC)Cc1cc(CN)oc1C. The molecule has 0 fully saturated rings. The Labute approximate surface area is 123 Å². The summed E-state index contributed by atoms with van der Waals surface area (Å²) in [6.07, 6.45) is 1.22. The highest BCUT2D eigenvalue weighted by Gasteiger charge is 2.11. The normalized spacial score (nSPS) is 11.8. The third kappa shape index (κ3) is 5.27. The predicted octanol–water partition coefficient (Wildman–Crippen LogP) is 2.60. The molecule has 0 bridgehead atoms. The molecule has 1 aromatic heterocycles. The van der Waals surface area contributed by atoms with Crippen molar-refractivity contribution in [3.8, 4) is 0 Å². The van der Waals surface area contributed by atoms with Gasteiger partial charge in [-0.05, 0) is 52.1 Å². The van der Waals surface area contributed by atoms with Gasteiger partial charge in [0.25, 0.3) is 0 Å². The molecule has 0 saturated carbocycles. The Balaban J connectivity index is 2.44. The number of nitrogens with two attached hydrogens (primary N) is 1. The average molecular weight is 281 g/mol. The summed E-state index contributed by atoms with van der Waals surface area (Å²) in [7, 11) is 0. The smallest absolute Gasteiger partial charge is 0.118 e. The van der Waals surface area contributed by atoms with E-state index in [1.54, 1.807) is 0 Å². The van der Waals surface area contributed by atoms with Crippen LogP contribution in [-0.4, -0.2) is 42.5 Å². The molecule has 0 saturated heterocycles. The van der Waals surface area contributed by atoms with Crippen LogP contribution in [0.25, 0.3) is 0 Å². The molecule has 0 aliphatic heterocycles. The van der Waals surface area contributed by atoms with Crippen molar-refractivity contribution in [3.63, 3.8) is 0 Å². The lowest BCUT2D eigenvalue weighted by Crippen LogP contribution is -2.29. The van der Waals surface area contributed by atoms with E-state index in [0.29, 0.717) is 6.54 Å². The number of furan rings is 1. The fourth-order valence-corrected chi connectivity index (χ4v) is 2.49. The molecule has 0 aliphatic rings. The summed E-state index contributed by atoms with van der Waals surface area (Å²) >= 11 is 0. The lowest BCUT2D eigenvalue weighted by molar-refractivity contribution is 0.237. The molecule has 4 heteroatoms. The fourth-order valence-electron chi connectivity index (χ4n) is 2.49. The molecule has 0 atom stereocenters. The second-order valence-corrected chi connectivity index (χ2v) is 5.25. The molecule has 0 aliphatic carbocycles. The monoisotopic (exact) mass is 281 g/mol. The Bertz CT molecular complexity index is 372. The standard InChI is InChI=1S/C16H31N3O/c1-5-18(6-2)9-8-10-19(7-3)13-15-11-16(12-17)20-14(15)4/h11H,5-10,12-13,17H2,1-4H3. The van der Waals surface area contributed by atoms with E-state index in [2.05, 4.69) is 36.6 Å². The number of nitrogens with zero attached hydrogens (tertiary/aromatic N) is 2. The Hall–Kier alpha value is -0.840. The lowest BCUT2D eigenvalue weighted by Gasteiger charge is -2.23. The molecule has 1 aromatic rings. The molecule has 4 nitrogen and oxygen atoms in total. The highest BCUT2D eigenvalue weighted by Crippen LogP contribution is 2.16. The van der Waals surface area contributed by atoms with Gasteiger partial charge in [0, 0.05) is 12.1 Å². The second-order valence-electron chi connectivity index (χ2n) is 5.25. The average Bonchev–Trinajstić information content (AvgIpc) is 2.82. The number of hydrogen-bond donors (Lipinski definition) is 1. The quantitative estimate of drug-likeness (QED) is 0.716. The van der Waals surface area contributed by atoms with E-state index in [1.165, 1.54) is 18.5 Å². The van der Waals surface area contributed by atoms with Gasteiger partial charge in [0.2, 0.25) is 0 Å². The van der Waals surface area contributed by atoms with Gasteiger partial charge in [-0.3, -0.25) is 4.90 Å². The second kappa shape index (κ2) is 9.16. The Morgan fingerprint density at radius 1 is 1.05 bits per heavy atom. The highest BCUT2D eigenvalue weighted by molar-refractivity contribution is 5.20. The Morgan fingerprint density at radius 3 is 2.15 bits per heavy atom. The van der Waals surface area contributed by atoms with Crippen LogP contribution in [0.4, 0.5) is 0 Å². The van der Waals surface area contributed by atoms with Crippen molar-refractivity contribution in [1.82, 2.24) is 9.80 Å². The van der Waals surface area contributed by atoms with Crippen molar-refractivity contribution in [1.29, 1.82) is 0 Å². The van der Waals surface area contributed by atoms with Gasteiger partial charge in [-0.25, -0.2) is 0 Å². The molecule has 0 radical (unpaired) electrons. The maximum absolute atomic E-state index is 5.63. The van der Waals surface area contributed by atoms with Crippen LogP contribution in [0.1, 0.15) is 44.3 Å². The van der Waals surface area contributed by atoms with Crippen LogP contribution in [0.15, 0.2) is 10.5 Å². The minimum atomic E-state index is 0.481. The van der Waals surface area contributed by atoms with Gasteiger partial charge in [-0.2, -0.15) is 0 Å². The van der Waals surface area contributed by atoms with Crippen molar-refractivity contribution in [2.24, 2.45) is 5.73 Å². The van der Waals surface area contributed by atoms with Crippen molar-refractivity contribution in [2.45, 2.75) is 47.2 Å². The molecule has 0 amide bonds. The van der Waals surface area contributed by atoms with Crippen LogP contribution < -0.4 is 5.73 Å². The van der Waals surface area contributed by atoms with E-state index in [4.69, 9.17) is 10.2 Å². The fraction of sp³-hybridized carbons (Fsp3) is 0.750. The summed E-state index contributed by atoms with van der Waals surface area (Å²) in [5.41, 5.74) is 6.90. The van der Waals surface area contributed by atoms with E-state index in [-0.39, 0.29) is 0 Å². The van der Waals surface area contributed by atoms with Gasteiger partial charge in [-0.1, -0.05) is 20.8 Å². The van der Waals surface area contributed by atoms with Gasteiger partial charge in [0.15, 0.2) is 0 Å². The van der Waals surface area contributed by atoms with Crippen molar-refractivity contribution >= 4 is 0 Å². The molecule has 1 rings (SSSR count). The first-order valence-corrected chi connectivity index (χ1v) is 7.87. The summed E-state index contributed by atoms with van der Waals surface area (Å²) in [6.45, 7) is 15.8. The maximum atomic E-state index is 5.63. The van der Waals surface area contributed by atoms with E-state index < -0.39 is 0 Å². The lowest BCUT2D eigenvalue weighted by atomic mass is 10.2. The van der Waals surface area contributed by atoms with Crippen LogP contribution in [0, 0.1) is 6.92 Å². The van der Waals surface area contributed by atoms with Gasteiger partial charge in [0.1, 0.15) is 11.5 Å². The molecule has 20 heavy (non-hydrogen) atoms. The third-order valence-corrected chi connectivity index (χ3v) is 3.96. The first kappa shape index (κ1) is 17.2. The molecule has 0 unspecified atom stereocenters. The summed E-state index contributed by atoms with van der Waals surface area (Å²) in [4.78, 5) is 4.95. The number of aryl methyl sites for hydroxylation is 1. The molecule has 0 spiro atoms. The van der Waals surface area contributed by atoms with E-state index in [9.17, 15) is 0 Å². The van der Waals surface area contributed by atoms with E-state index in [0.717, 1.165) is 44.2 Å². The summed E-state index contributed by atoms with van der Waals surface area (Å²) < 4.78 is 5.63. The molecule has 2 N–H and O–H groups in total. The summed E-state index contributed by atoms with van der Waals surface area (Å²) in [5, 5.41) is 0. The van der Waals surface area contributed by atoms with E-state index >= 15 is 0 Å². The Morgan fingerprint density at radius 2 is 1.65 bits per heavy atom. The first-order valence-electron chi connectivity index (χ1n) is 7.87. The zero-order chi connectivity index (χ0) is 15.0. The van der Waals surface area contributed by atoms with Crippen molar-refractivity contribution in [3.05, 3.63) is 23.2 Å². The molecule has 0 aromatic carbocycles. The zero-order valence-corrected chi connectivity index (χ0v) is 13.6. The summed E-state index contributed by atoms with van der Waals surface area (Å²) in [5.74, 6) is 1.89.